The van der Waals surface area contributed by atoms with Crippen LogP contribution in [-0.4, -0.2) is 19.5 Å². The minimum atomic E-state index is -3.67. The van der Waals surface area contributed by atoms with Gasteiger partial charge in [0.2, 0.25) is 10.0 Å². The molecule has 0 aliphatic carbocycles. The van der Waals surface area contributed by atoms with E-state index in [1.807, 2.05) is 0 Å². The van der Waals surface area contributed by atoms with Crippen LogP contribution in [0.4, 0.5) is 5.69 Å². The van der Waals surface area contributed by atoms with Crippen molar-refractivity contribution in [1.29, 1.82) is 0 Å². The van der Waals surface area contributed by atoms with Gasteiger partial charge in [-0.3, -0.25) is 4.72 Å². The Labute approximate surface area is 123 Å². The van der Waals surface area contributed by atoms with Crippen LogP contribution in [-0.2, 0) is 15.8 Å². The summed E-state index contributed by atoms with van der Waals surface area (Å²) in [5, 5.41) is 9.14. The first-order valence-corrected chi connectivity index (χ1v) is 7.91. The Balaban J connectivity index is 2.27. The van der Waals surface area contributed by atoms with Crippen molar-refractivity contribution in [2.75, 3.05) is 4.72 Å². The van der Waals surface area contributed by atoms with Gasteiger partial charge in [-0.15, -0.1) is 0 Å². The first-order valence-electron chi connectivity index (χ1n) is 6.26. The number of benzene rings is 2. The second kappa shape index (κ2) is 5.97. The molecule has 5 nitrogen and oxygen atoms in total. The molecule has 0 spiro atoms. The van der Waals surface area contributed by atoms with Crippen LogP contribution < -0.4 is 4.72 Å². The van der Waals surface area contributed by atoms with E-state index in [1.165, 1.54) is 12.1 Å². The largest absolute Gasteiger partial charge is 0.478 e. The van der Waals surface area contributed by atoms with Crippen LogP contribution in [0.15, 0.2) is 48.5 Å². The normalized spacial score (nSPS) is 11.1. The molecule has 0 saturated carbocycles. The van der Waals surface area contributed by atoms with E-state index in [0.717, 1.165) is 5.56 Å². The van der Waals surface area contributed by atoms with E-state index in [4.69, 9.17) is 5.11 Å². The lowest BCUT2D eigenvalue weighted by Gasteiger charge is -2.11. The number of nitrogens with one attached hydrogen (secondary N) is 1. The highest BCUT2D eigenvalue weighted by molar-refractivity contribution is 7.91. The summed E-state index contributed by atoms with van der Waals surface area (Å²) in [6.45, 7) is 1.74. The number of hydrogen-bond acceptors (Lipinski definition) is 3. The van der Waals surface area contributed by atoms with Crippen molar-refractivity contribution in [2.24, 2.45) is 0 Å². The second-order valence-electron chi connectivity index (χ2n) is 4.70. The molecule has 0 aliphatic heterocycles. The lowest BCUT2D eigenvalue weighted by atomic mass is 10.1. The molecule has 2 aromatic carbocycles. The molecule has 0 aromatic heterocycles. The Kier molecular flexibility index (Phi) is 4.28. The number of sulfonamides is 1. The topological polar surface area (TPSA) is 83.5 Å². The van der Waals surface area contributed by atoms with Gasteiger partial charge < -0.3 is 5.11 Å². The summed E-state index contributed by atoms with van der Waals surface area (Å²) < 4.78 is 26.6. The Morgan fingerprint density at radius 1 is 1.14 bits per heavy atom. The summed E-state index contributed by atoms with van der Waals surface area (Å²) in [5.41, 5.74) is 1.39. The third-order valence-electron chi connectivity index (χ3n) is 2.87. The Bertz CT molecular complexity index is 754. The highest BCUT2D eigenvalue weighted by Crippen LogP contribution is 2.20. The molecule has 21 heavy (non-hydrogen) atoms. The smallest absolute Gasteiger partial charge is 0.337 e. The van der Waals surface area contributed by atoms with E-state index in [-0.39, 0.29) is 17.0 Å². The van der Waals surface area contributed by atoms with Crippen molar-refractivity contribution >= 4 is 21.7 Å². The van der Waals surface area contributed by atoms with Crippen LogP contribution in [0.25, 0.3) is 0 Å². The fourth-order valence-electron chi connectivity index (χ4n) is 1.92. The maximum absolute atomic E-state index is 12.1. The fraction of sp³-hybridized carbons (Fsp3) is 0.133. The van der Waals surface area contributed by atoms with Crippen molar-refractivity contribution in [2.45, 2.75) is 12.7 Å². The average molecular weight is 305 g/mol. The zero-order chi connectivity index (χ0) is 15.5. The first-order chi connectivity index (χ1) is 9.87. The van der Waals surface area contributed by atoms with E-state index in [9.17, 15) is 13.2 Å². The van der Waals surface area contributed by atoms with Crippen LogP contribution in [0.2, 0.25) is 0 Å². The Morgan fingerprint density at radius 3 is 2.43 bits per heavy atom. The molecule has 0 amide bonds. The van der Waals surface area contributed by atoms with E-state index < -0.39 is 16.0 Å². The molecular formula is C15H15NO4S. The third kappa shape index (κ3) is 4.06. The molecule has 0 bridgehead atoms. The quantitative estimate of drug-likeness (QED) is 0.889. The Hall–Kier alpha value is -2.34. The molecule has 0 atom stereocenters. The lowest BCUT2D eigenvalue weighted by Crippen LogP contribution is -2.17. The second-order valence-corrected chi connectivity index (χ2v) is 6.42. The van der Waals surface area contributed by atoms with Crippen LogP contribution >= 0.6 is 0 Å². The molecule has 0 aliphatic rings. The molecule has 2 N–H and O–H groups in total. The molecular weight excluding hydrogens is 290 g/mol. The number of aryl methyl sites for hydroxylation is 1. The summed E-state index contributed by atoms with van der Waals surface area (Å²) in [6, 6.07) is 13.3. The molecule has 2 aromatic rings. The molecule has 2 rings (SSSR count). The summed E-state index contributed by atoms with van der Waals surface area (Å²) in [4.78, 5) is 11.2. The van der Waals surface area contributed by atoms with Crippen LogP contribution in [0, 0.1) is 6.92 Å². The standard InChI is InChI=1S/C15H15NO4S/c1-11-7-8-14(13(9-11)15(17)18)16-21(19,20)10-12-5-3-2-4-6-12/h2-9,16H,10H2,1H3,(H,17,18). The van der Waals surface area contributed by atoms with Crippen molar-refractivity contribution in [3.8, 4) is 0 Å². The van der Waals surface area contributed by atoms with Crippen molar-refractivity contribution in [3.05, 3.63) is 65.2 Å². The number of carboxylic acid groups (broad SMARTS) is 1. The van der Waals surface area contributed by atoms with E-state index in [1.54, 1.807) is 43.3 Å². The molecule has 0 fully saturated rings. The monoisotopic (exact) mass is 305 g/mol. The van der Waals surface area contributed by atoms with Gasteiger partial charge in [0.25, 0.3) is 0 Å². The van der Waals surface area contributed by atoms with Gasteiger partial charge in [0, 0.05) is 0 Å². The zero-order valence-corrected chi connectivity index (χ0v) is 12.2. The molecule has 0 unspecified atom stereocenters. The summed E-state index contributed by atoms with van der Waals surface area (Å²) in [5.74, 6) is -1.38. The van der Waals surface area contributed by atoms with Crippen molar-refractivity contribution in [3.63, 3.8) is 0 Å². The van der Waals surface area contributed by atoms with Crippen molar-refractivity contribution < 1.29 is 18.3 Å². The maximum Gasteiger partial charge on any atom is 0.337 e. The fourth-order valence-corrected chi connectivity index (χ4v) is 3.14. The number of carbonyl (C=O) groups is 1. The van der Waals surface area contributed by atoms with Gasteiger partial charge in [-0.25, -0.2) is 13.2 Å². The zero-order valence-electron chi connectivity index (χ0n) is 11.4. The SMILES string of the molecule is Cc1ccc(NS(=O)(=O)Cc2ccccc2)c(C(=O)O)c1. The maximum atomic E-state index is 12.1. The highest BCUT2D eigenvalue weighted by Gasteiger charge is 2.17. The van der Waals surface area contributed by atoms with Gasteiger partial charge in [-0.05, 0) is 24.6 Å². The molecule has 0 radical (unpaired) electrons. The molecule has 0 saturated heterocycles. The predicted molar refractivity (Wildman–Crippen MR) is 80.8 cm³/mol. The van der Waals surface area contributed by atoms with Crippen molar-refractivity contribution in [1.82, 2.24) is 0 Å². The molecule has 0 heterocycles. The van der Waals surface area contributed by atoms with Crippen LogP contribution in [0.5, 0.6) is 0 Å². The predicted octanol–water partition coefficient (Wildman–Crippen LogP) is 2.64. The lowest BCUT2D eigenvalue weighted by molar-refractivity contribution is 0.0698. The highest BCUT2D eigenvalue weighted by atomic mass is 32.2. The minimum absolute atomic E-state index is 0.0633. The van der Waals surface area contributed by atoms with Crippen LogP contribution in [0.3, 0.4) is 0 Å². The Morgan fingerprint density at radius 2 is 1.81 bits per heavy atom. The average Bonchev–Trinajstić information content (AvgIpc) is 2.41. The molecule has 110 valence electrons. The van der Waals surface area contributed by atoms with Gasteiger partial charge in [0.05, 0.1) is 17.0 Å². The van der Waals surface area contributed by atoms with E-state index >= 15 is 0 Å². The molecule has 6 heteroatoms. The van der Waals surface area contributed by atoms with Crippen LogP contribution in [0.1, 0.15) is 21.5 Å². The minimum Gasteiger partial charge on any atom is -0.478 e. The number of carboxylic acids is 1. The van der Waals surface area contributed by atoms with E-state index in [0.29, 0.717) is 5.56 Å². The van der Waals surface area contributed by atoms with E-state index in [2.05, 4.69) is 4.72 Å². The summed E-state index contributed by atoms with van der Waals surface area (Å²) >= 11 is 0. The number of aromatic carboxylic acids is 1. The number of hydrogen-bond donors (Lipinski definition) is 2. The summed E-state index contributed by atoms with van der Waals surface area (Å²) in [6.07, 6.45) is 0. The number of anilines is 1. The van der Waals surface area contributed by atoms with Gasteiger partial charge in [-0.2, -0.15) is 0 Å². The summed E-state index contributed by atoms with van der Waals surface area (Å²) in [7, 11) is -3.67. The van der Waals surface area contributed by atoms with Gasteiger partial charge >= 0.3 is 5.97 Å². The third-order valence-corrected chi connectivity index (χ3v) is 4.11. The number of rotatable bonds is 5. The first kappa shape index (κ1) is 15.1. The van der Waals surface area contributed by atoms with Gasteiger partial charge in [-0.1, -0.05) is 42.0 Å². The van der Waals surface area contributed by atoms with Gasteiger partial charge in [0.1, 0.15) is 0 Å². The van der Waals surface area contributed by atoms with Gasteiger partial charge in [0.15, 0.2) is 0 Å².